The molecular weight excluding hydrogens is 450 g/mol. The van der Waals surface area contributed by atoms with Crippen LogP contribution in [0.3, 0.4) is 0 Å². The number of fused-ring (bicyclic) bond motifs is 1. The number of piperazine rings is 1. The lowest BCUT2D eigenvalue weighted by Gasteiger charge is -2.39. The van der Waals surface area contributed by atoms with Crippen molar-refractivity contribution in [3.05, 3.63) is 53.0 Å². The third kappa shape index (κ3) is 4.41. The van der Waals surface area contributed by atoms with Gasteiger partial charge in [0.15, 0.2) is 0 Å². The first-order valence-electron chi connectivity index (χ1n) is 13.7. The molecule has 1 aromatic carbocycles. The first kappa shape index (κ1) is 23.9. The second kappa shape index (κ2) is 9.10. The van der Waals surface area contributed by atoms with Crippen molar-refractivity contribution in [2.45, 2.75) is 88.3 Å². The molecule has 2 aliphatic heterocycles. The molecule has 1 aromatic heterocycles. The molecule has 192 valence electrons. The highest BCUT2D eigenvalue weighted by Gasteiger charge is 2.41. The van der Waals surface area contributed by atoms with Crippen LogP contribution in [0.4, 0.5) is 5.82 Å². The van der Waals surface area contributed by atoms with Crippen LogP contribution in [0.25, 0.3) is 0 Å². The molecule has 3 fully saturated rings. The highest BCUT2D eigenvalue weighted by atomic mass is 16.3. The maximum atomic E-state index is 14.1. The van der Waals surface area contributed by atoms with Crippen molar-refractivity contribution in [2.75, 3.05) is 31.1 Å². The summed E-state index contributed by atoms with van der Waals surface area (Å²) in [5.41, 5.74) is 4.46. The largest absolute Gasteiger partial charge is 0.387 e. The van der Waals surface area contributed by atoms with Gasteiger partial charge in [0.25, 0.3) is 0 Å². The summed E-state index contributed by atoms with van der Waals surface area (Å²) < 4.78 is 0. The average Bonchev–Trinajstić information content (AvgIpc) is 3.61. The van der Waals surface area contributed by atoms with Gasteiger partial charge in [-0.1, -0.05) is 31.2 Å². The minimum absolute atomic E-state index is 0.0600. The molecule has 36 heavy (non-hydrogen) atoms. The van der Waals surface area contributed by atoms with Gasteiger partial charge in [-0.25, -0.2) is 9.97 Å². The van der Waals surface area contributed by atoms with Crippen LogP contribution in [0.5, 0.6) is 0 Å². The van der Waals surface area contributed by atoms with Crippen molar-refractivity contribution in [1.82, 2.24) is 20.2 Å². The Balaban J connectivity index is 1.20. The number of aliphatic hydroxyl groups excluding tert-OH is 1. The van der Waals surface area contributed by atoms with Crippen LogP contribution in [0.1, 0.15) is 99.1 Å². The van der Waals surface area contributed by atoms with Gasteiger partial charge >= 0.3 is 0 Å². The van der Waals surface area contributed by atoms with Crippen LogP contribution in [-0.4, -0.2) is 63.6 Å². The van der Waals surface area contributed by atoms with Crippen molar-refractivity contribution in [3.63, 3.8) is 0 Å². The first-order valence-corrected chi connectivity index (χ1v) is 13.7. The fourth-order valence-corrected chi connectivity index (χ4v) is 6.64. The maximum Gasteiger partial charge on any atom is 0.231 e. The quantitative estimate of drug-likeness (QED) is 0.664. The minimum atomic E-state index is -0.505. The van der Waals surface area contributed by atoms with Crippen LogP contribution in [0.15, 0.2) is 30.6 Å². The van der Waals surface area contributed by atoms with Crippen LogP contribution in [0.2, 0.25) is 0 Å². The van der Waals surface area contributed by atoms with Crippen LogP contribution in [-0.2, 0) is 4.79 Å². The summed E-state index contributed by atoms with van der Waals surface area (Å²) in [6, 6.07) is 9.06. The summed E-state index contributed by atoms with van der Waals surface area (Å²) in [7, 11) is 0. The van der Waals surface area contributed by atoms with Crippen molar-refractivity contribution < 1.29 is 9.90 Å². The second-order valence-corrected chi connectivity index (χ2v) is 12.1. The van der Waals surface area contributed by atoms with E-state index in [-0.39, 0.29) is 29.3 Å². The SMILES string of the molecule is CC1CC(O)c2ncnc(N3CCN(C(=O)C(c4ccc(C5CC5)cc4)C4CCC(C)(C)N4)CC3)c21. The third-order valence-electron chi connectivity index (χ3n) is 8.84. The Labute approximate surface area is 214 Å². The molecule has 1 amide bonds. The summed E-state index contributed by atoms with van der Waals surface area (Å²) in [4.78, 5) is 27.4. The lowest BCUT2D eigenvalue weighted by atomic mass is 9.88. The number of benzene rings is 1. The number of rotatable bonds is 5. The number of amides is 1. The number of hydrogen-bond donors (Lipinski definition) is 2. The van der Waals surface area contributed by atoms with Crippen molar-refractivity contribution in [1.29, 1.82) is 0 Å². The predicted molar refractivity (Wildman–Crippen MR) is 140 cm³/mol. The zero-order chi connectivity index (χ0) is 25.0. The molecule has 2 aliphatic carbocycles. The number of nitrogens with zero attached hydrogens (tertiary/aromatic N) is 4. The number of carbonyl (C=O) groups is 1. The molecule has 4 atom stereocenters. The fourth-order valence-electron chi connectivity index (χ4n) is 6.64. The molecule has 0 radical (unpaired) electrons. The summed E-state index contributed by atoms with van der Waals surface area (Å²) in [6.07, 6.45) is 6.44. The van der Waals surface area contributed by atoms with E-state index in [2.05, 4.69) is 70.1 Å². The monoisotopic (exact) mass is 489 g/mol. The number of aromatic nitrogens is 2. The summed E-state index contributed by atoms with van der Waals surface area (Å²) in [5.74, 6) is 1.97. The first-order chi connectivity index (χ1) is 17.3. The smallest absolute Gasteiger partial charge is 0.231 e. The Morgan fingerprint density at radius 1 is 1.08 bits per heavy atom. The van der Waals surface area contributed by atoms with Crippen LogP contribution >= 0.6 is 0 Å². The standard InChI is InChI=1S/C29H39N5O2/c1-18-16-23(35)26-24(18)27(31-17-30-26)33-12-14-34(15-13-33)28(36)25(22-10-11-29(2,3)32-22)21-8-6-20(7-9-21)19-4-5-19/h6-9,17-19,22-23,25,32,35H,4-5,10-16H2,1-3H3. The van der Waals surface area contributed by atoms with Crippen molar-refractivity contribution in [2.24, 2.45) is 0 Å². The molecule has 0 bridgehead atoms. The van der Waals surface area contributed by atoms with Crippen molar-refractivity contribution in [3.8, 4) is 0 Å². The van der Waals surface area contributed by atoms with E-state index in [0.717, 1.165) is 54.5 Å². The molecule has 1 saturated carbocycles. The van der Waals surface area contributed by atoms with E-state index in [4.69, 9.17) is 0 Å². The summed E-state index contributed by atoms with van der Waals surface area (Å²) in [6.45, 7) is 9.46. The van der Waals surface area contributed by atoms with Gasteiger partial charge in [0.1, 0.15) is 12.1 Å². The summed E-state index contributed by atoms with van der Waals surface area (Å²) in [5, 5.41) is 14.2. The second-order valence-electron chi connectivity index (χ2n) is 12.1. The molecule has 7 heteroatoms. The van der Waals surface area contributed by atoms with E-state index in [1.54, 1.807) is 6.33 Å². The zero-order valence-electron chi connectivity index (χ0n) is 21.8. The van der Waals surface area contributed by atoms with E-state index in [9.17, 15) is 9.90 Å². The molecule has 2 saturated heterocycles. The molecule has 4 aliphatic rings. The van der Waals surface area contributed by atoms with Crippen molar-refractivity contribution >= 4 is 11.7 Å². The van der Waals surface area contributed by atoms with Gasteiger partial charge in [0.2, 0.25) is 5.91 Å². The minimum Gasteiger partial charge on any atom is -0.387 e. The van der Waals surface area contributed by atoms with E-state index in [1.807, 2.05) is 0 Å². The Kier molecular flexibility index (Phi) is 6.03. The van der Waals surface area contributed by atoms with Gasteiger partial charge in [-0.05, 0) is 68.9 Å². The topological polar surface area (TPSA) is 81.6 Å². The van der Waals surface area contributed by atoms with E-state index >= 15 is 0 Å². The van der Waals surface area contributed by atoms with Crippen LogP contribution < -0.4 is 10.2 Å². The van der Waals surface area contributed by atoms with Gasteiger partial charge < -0.3 is 20.2 Å². The normalized spacial score (nSPS) is 28.3. The lowest BCUT2D eigenvalue weighted by Crippen LogP contribution is -2.53. The Bertz CT molecular complexity index is 1120. The maximum absolute atomic E-state index is 14.1. The highest BCUT2D eigenvalue weighted by Crippen LogP contribution is 2.43. The molecule has 2 aromatic rings. The predicted octanol–water partition coefficient (Wildman–Crippen LogP) is 3.86. The Morgan fingerprint density at radius 2 is 1.81 bits per heavy atom. The number of nitrogens with one attached hydrogen (secondary N) is 1. The van der Waals surface area contributed by atoms with Gasteiger partial charge in [0, 0.05) is 43.3 Å². The number of anilines is 1. The van der Waals surface area contributed by atoms with E-state index in [1.165, 1.54) is 18.4 Å². The fraction of sp³-hybridized carbons (Fsp3) is 0.621. The molecule has 0 spiro atoms. The molecular formula is C29H39N5O2. The molecule has 3 heterocycles. The molecule has 6 rings (SSSR count). The van der Waals surface area contributed by atoms with Gasteiger partial charge in [-0.3, -0.25) is 4.79 Å². The molecule has 4 unspecified atom stereocenters. The van der Waals surface area contributed by atoms with E-state index in [0.29, 0.717) is 19.5 Å². The zero-order valence-corrected chi connectivity index (χ0v) is 21.8. The van der Waals surface area contributed by atoms with E-state index < -0.39 is 6.10 Å². The molecule has 2 N–H and O–H groups in total. The molecule has 7 nitrogen and oxygen atoms in total. The average molecular weight is 490 g/mol. The van der Waals surface area contributed by atoms with Crippen LogP contribution in [0, 0.1) is 0 Å². The number of hydrogen-bond acceptors (Lipinski definition) is 6. The number of aliphatic hydroxyl groups is 1. The Morgan fingerprint density at radius 3 is 2.44 bits per heavy atom. The third-order valence-corrected chi connectivity index (χ3v) is 8.84. The van der Waals surface area contributed by atoms with Gasteiger partial charge in [0.05, 0.1) is 17.7 Å². The number of carbonyl (C=O) groups excluding carboxylic acids is 1. The van der Waals surface area contributed by atoms with Gasteiger partial charge in [-0.15, -0.1) is 0 Å². The summed E-state index contributed by atoms with van der Waals surface area (Å²) >= 11 is 0. The Hall–Kier alpha value is -2.51. The van der Waals surface area contributed by atoms with Gasteiger partial charge in [-0.2, -0.15) is 0 Å². The highest BCUT2D eigenvalue weighted by molar-refractivity contribution is 5.85. The lowest BCUT2D eigenvalue weighted by molar-refractivity contribution is -0.133.